The molecule has 0 saturated heterocycles. The maximum absolute atomic E-state index is 9.71. The van der Waals surface area contributed by atoms with Crippen molar-refractivity contribution in [1.29, 1.82) is 0 Å². The minimum absolute atomic E-state index is 0.506. The second kappa shape index (κ2) is 3.67. The lowest BCUT2D eigenvalue weighted by Gasteiger charge is -2.23. The molecule has 1 aromatic rings. The summed E-state index contributed by atoms with van der Waals surface area (Å²) in [4.78, 5) is 0. The molecule has 0 aliphatic carbocycles. The largest absolute Gasteiger partial charge is 0.493 e. The molecule has 0 aromatic heterocycles. The van der Waals surface area contributed by atoms with E-state index in [1.54, 1.807) is 19.2 Å². The minimum Gasteiger partial charge on any atom is -0.493 e. The molecule has 4 heteroatoms. The maximum atomic E-state index is 9.71. The molecule has 0 bridgehead atoms. The number of benzene rings is 1. The van der Waals surface area contributed by atoms with Gasteiger partial charge in [0.1, 0.15) is 0 Å². The Hall–Kier alpha value is -0.930. The molecule has 76 valence electrons. The number of halogens is 1. The fraction of sp³-hybridized carbons (Fsp3) is 0.400. The Morgan fingerprint density at radius 1 is 1.57 bits per heavy atom. The predicted molar refractivity (Wildman–Crippen MR) is 53.1 cm³/mol. The molecule has 1 aromatic carbocycles. The molecule has 1 atom stereocenters. The summed E-state index contributed by atoms with van der Waals surface area (Å²) in [6.45, 7) is 0.506. The molecule has 0 unspecified atom stereocenters. The maximum Gasteiger partial charge on any atom is 0.167 e. The zero-order valence-corrected chi connectivity index (χ0v) is 8.54. The van der Waals surface area contributed by atoms with Gasteiger partial charge in [0, 0.05) is 23.1 Å². The highest BCUT2D eigenvalue weighted by molar-refractivity contribution is 6.30. The van der Waals surface area contributed by atoms with E-state index in [2.05, 4.69) is 0 Å². The summed E-state index contributed by atoms with van der Waals surface area (Å²) in [5.41, 5.74) is 0.709. The average molecular weight is 215 g/mol. The molecule has 1 heterocycles. The number of ether oxygens (including phenoxy) is 2. The van der Waals surface area contributed by atoms with Gasteiger partial charge < -0.3 is 14.6 Å². The van der Waals surface area contributed by atoms with Crippen LogP contribution in [0.15, 0.2) is 12.1 Å². The summed E-state index contributed by atoms with van der Waals surface area (Å²) in [7, 11) is 1.55. The molecule has 2 rings (SSSR count). The van der Waals surface area contributed by atoms with Gasteiger partial charge in [0.05, 0.1) is 19.8 Å². The quantitative estimate of drug-likeness (QED) is 0.779. The molecule has 14 heavy (non-hydrogen) atoms. The first-order chi connectivity index (χ1) is 6.72. The fourth-order valence-corrected chi connectivity index (χ4v) is 1.79. The second-order valence-corrected chi connectivity index (χ2v) is 3.62. The van der Waals surface area contributed by atoms with Crippen molar-refractivity contribution in [3.05, 3.63) is 22.7 Å². The molecular weight excluding hydrogens is 204 g/mol. The van der Waals surface area contributed by atoms with Crippen LogP contribution in [0.1, 0.15) is 18.1 Å². The van der Waals surface area contributed by atoms with Crippen LogP contribution in [0.2, 0.25) is 5.02 Å². The van der Waals surface area contributed by atoms with E-state index >= 15 is 0 Å². The first-order valence-corrected chi connectivity index (χ1v) is 4.78. The van der Waals surface area contributed by atoms with Crippen LogP contribution in [0.4, 0.5) is 0 Å². The number of aliphatic hydroxyl groups is 1. The predicted octanol–water partition coefficient (Wildman–Crippen LogP) is 2.16. The zero-order chi connectivity index (χ0) is 10.1. The van der Waals surface area contributed by atoms with Gasteiger partial charge in [-0.25, -0.2) is 0 Å². The van der Waals surface area contributed by atoms with Gasteiger partial charge in [-0.2, -0.15) is 0 Å². The van der Waals surface area contributed by atoms with E-state index in [0.29, 0.717) is 35.1 Å². The second-order valence-electron chi connectivity index (χ2n) is 3.18. The number of methoxy groups -OCH3 is 1. The Labute approximate surface area is 87.2 Å². The number of hydrogen-bond donors (Lipinski definition) is 1. The van der Waals surface area contributed by atoms with Crippen molar-refractivity contribution in [2.75, 3.05) is 13.7 Å². The Bertz CT molecular complexity index is 351. The molecule has 0 fully saturated rings. The lowest BCUT2D eigenvalue weighted by Crippen LogP contribution is -2.14. The van der Waals surface area contributed by atoms with Gasteiger partial charge in [-0.05, 0) is 6.07 Å². The third-order valence-corrected chi connectivity index (χ3v) is 2.48. The number of aliphatic hydroxyl groups excluding tert-OH is 1. The summed E-state index contributed by atoms with van der Waals surface area (Å²) in [5.74, 6) is 1.18. The lowest BCUT2D eigenvalue weighted by atomic mass is 10.0. The van der Waals surface area contributed by atoms with Crippen molar-refractivity contribution < 1.29 is 14.6 Å². The molecular formula is C10H11ClO3. The number of fused-ring (bicyclic) bond motifs is 1. The third kappa shape index (κ3) is 1.53. The van der Waals surface area contributed by atoms with Crippen LogP contribution < -0.4 is 9.47 Å². The smallest absolute Gasteiger partial charge is 0.167 e. The van der Waals surface area contributed by atoms with Gasteiger partial charge in [-0.1, -0.05) is 11.6 Å². The molecule has 0 amide bonds. The van der Waals surface area contributed by atoms with Crippen LogP contribution >= 0.6 is 11.6 Å². The van der Waals surface area contributed by atoms with Crippen molar-refractivity contribution in [2.45, 2.75) is 12.5 Å². The molecule has 1 aliphatic heterocycles. The lowest BCUT2D eigenvalue weighted by molar-refractivity contribution is 0.113. The highest BCUT2D eigenvalue weighted by Crippen LogP contribution is 2.41. The van der Waals surface area contributed by atoms with Gasteiger partial charge >= 0.3 is 0 Å². The van der Waals surface area contributed by atoms with Crippen LogP contribution in [0.25, 0.3) is 0 Å². The summed E-state index contributed by atoms with van der Waals surface area (Å²) in [6.07, 6.45) is 0.0857. The molecule has 1 N–H and O–H groups in total. The van der Waals surface area contributed by atoms with Crippen LogP contribution in [-0.4, -0.2) is 18.8 Å². The fourth-order valence-electron chi connectivity index (χ4n) is 1.57. The van der Waals surface area contributed by atoms with Crippen LogP contribution in [-0.2, 0) is 0 Å². The summed E-state index contributed by atoms with van der Waals surface area (Å²) >= 11 is 5.88. The number of rotatable bonds is 1. The first-order valence-electron chi connectivity index (χ1n) is 4.40. The minimum atomic E-state index is -0.508. The van der Waals surface area contributed by atoms with E-state index in [1.165, 1.54) is 0 Å². The van der Waals surface area contributed by atoms with Gasteiger partial charge in [-0.3, -0.25) is 0 Å². The Morgan fingerprint density at radius 2 is 2.36 bits per heavy atom. The third-order valence-electron chi connectivity index (χ3n) is 2.26. The topological polar surface area (TPSA) is 38.7 Å². The van der Waals surface area contributed by atoms with Gasteiger partial charge in [0.25, 0.3) is 0 Å². The van der Waals surface area contributed by atoms with Crippen molar-refractivity contribution in [1.82, 2.24) is 0 Å². The average Bonchev–Trinajstić information content (AvgIpc) is 2.18. The monoisotopic (exact) mass is 214 g/mol. The molecule has 0 saturated carbocycles. The van der Waals surface area contributed by atoms with E-state index in [1.807, 2.05) is 0 Å². The van der Waals surface area contributed by atoms with Crippen LogP contribution in [0, 0.1) is 0 Å². The Morgan fingerprint density at radius 3 is 3.07 bits per heavy atom. The Kier molecular flexibility index (Phi) is 2.52. The van der Waals surface area contributed by atoms with Crippen LogP contribution in [0.5, 0.6) is 11.5 Å². The van der Waals surface area contributed by atoms with Crippen molar-refractivity contribution in [2.24, 2.45) is 0 Å². The van der Waals surface area contributed by atoms with E-state index in [9.17, 15) is 5.11 Å². The van der Waals surface area contributed by atoms with E-state index < -0.39 is 6.10 Å². The summed E-state index contributed by atoms with van der Waals surface area (Å²) < 4.78 is 10.5. The SMILES string of the molecule is COc1cc(Cl)cc2c1OCC[C@H]2O. The van der Waals surface area contributed by atoms with Crippen molar-refractivity contribution in [3.63, 3.8) is 0 Å². The highest BCUT2D eigenvalue weighted by Gasteiger charge is 2.23. The first kappa shape index (κ1) is 9.62. The van der Waals surface area contributed by atoms with Gasteiger partial charge in [0.2, 0.25) is 0 Å². The summed E-state index contributed by atoms with van der Waals surface area (Å²) in [6, 6.07) is 3.39. The van der Waals surface area contributed by atoms with E-state index in [4.69, 9.17) is 21.1 Å². The van der Waals surface area contributed by atoms with Crippen LogP contribution in [0.3, 0.4) is 0 Å². The van der Waals surface area contributed by atoms with Crippen molar-refractivity contribution in [3.8, 4) is 11.5 Å². The summed E-state index contributed by atoms with van der Waals surface area (Å²) in [5, 5.41) is 10.3. The van der Waals surface area contributed by atoms with E-state index in [-0.39, 0.29) is 0 Å². The normalized spacial score (nSPS) is 19.8. The van der Waals surface area contributed by atoms with Crippen molar-refractivity contribution >= 4 is 11.6 Å². The highest BCUT2D eigenvalue weighted by atomic mass is 35.5. The number of hydrogen-bond acceptors (Lipinski definition) is 3. The Balaban J connectivity index is 2.54. The molecule has 1 aliphatic rings. The standard InChI is InChI=1S/C10H11ClO3/c1-13-9-5-6(11)4-7-8(12)2-3-14-10(7)9/h4-5,8,12H,2-3H2,1H3/t8-/m1/s1. The van der Waals surface area contributed by atoms with Gasteiger partial charge in [-0.15, -0.1) is 0 Å². The molecule has 3 nitrogen and oxygen atoms in total. The molecule has 0 radical (unpaired) electrons. The molecule has 0 spiro atoms. The zero-order valence-electron chi connectivity index (χ0n) is 7.79. The van der Waals surface area contributed by atoms with E-state index in [0.717, 1.165) is 0 Å². The van der Waals surface area contributed by atoms with Gasteiger partial charge in [0.15, 0.2) is 11.5 Å².